The highest BCUT2D eigenvalue weighted by molar-refractivity contribution is 7.89. The van der Waals surface area contributed by atoms with Gasteiger partial charge in [-0.3, -0.25) is 9.59 Å². The van der Waals surface area contributed by atoms with Gasteiger partial charge in [-0.1, -0.05) is 43.3 Å². The molecule has 2 aromatic rings. The molecule has 8 heteroatoms. The first-order chi connectivity index (χ1) is 13.2. The van der Waals surface area contributed by atoms with Crippen molar-refractivity contribution in [3.8, 4) is 0 Å². The van der Waals surface area contributed by atoms with E-state index in [-0.39, 0.29) is 28.8 Å². The van der Waals surface area contributed by atoms with Crippen molar-refractivity contribution in [1.29, 1.82) is 0 Å². The minimum Gasteiger partial charge on any atom is -0.354 e. The molecule has 7 nitrogen and oxygen atoms in total. The smallest absolute Gasteiger partial charge is 0.251 e. The summed E-state index contributed by atoms with van der Waals surface area (Å²) in [5.41, 5.74) is 1.29. The molecule has 0 heterocycles. The van der Waals surface area contributed by atoms with Gasteiger partial charge >= 0.3 is 0 Å². The summed E-state index contributed by atoms with van der Waals surface area (Å²) in [4.78, 5) is 24.3. The molecule has 1 atom stereocenters. The summed E-state index contributed by atoms with van der Waals surface area (Å²) in [6, 6.07) is 15.5. The van der Waals surface area contributed by atoms with Gasteiger partial charge in [-0.15, -0.1) is 0 Å². The molecule has 0 aliphatic carbocycles. The number of carbonyl (C=O) groups excluding carboxylic acids is 2. The first kappa shape index (κ1) is 21.6. The number of nitrogens with zero attached hydrogens (tertiary/aromatic N) is 1. The highest BCUT2D eigenvalue weighted by Gasteiger charge is 2.19. The lowest BCUT2D eigenvalue weighted by Crippen LogP contribution is -2.38. The third kappa shape index (κ3) is 5.64. The lowest BCUT2D eigenvalue weighted by atomic mass is 10.0. The van der Waals surface area contributed by atoms with Crippen LogP contribution in [0.25, 0.3) is 0 Å². The minimum absolute atomic E-state index is 0.0197. The Morgan fingerprint density at radius 3 is 2.32 bits per heavy atom. The number of amides is 2. The van der Waals surface area contributed by atoms with Crippen molar-refractivity contribution in [3.05, 3.63) is 65.7 Å². The average Bonchev–Trinajstić information content (AvgIpc) is 2.70. The van der Waals surface area contributed by atoms with Crippen molar-refractivity contribution in [2.75, 3.05) is 27.2 Å². The van der Waals surface area contributed by atoms with E-state index in [4.69, 9.17) is 0 Å². The second kappa shape index (κ2) is 9.48. The fourth-order valence-electron chi connectivity index (χ4n) is 2.50. The van der Waals surface area contributed by atoms with E-state index in [9.17, 15) is 18.0 Å². The van der Waals surface area contributed by atoms with Gasteiger partial charge in [0.1, 0.15) is 0 Å². The number of sulfonamides is 1. The molecule has 2 aromatic carbocycles. The molecule has 0 aromatic heterocycles. The van der Waals surface area contributed by atoms with Crippen molar-refractivity contribution in [2.45, 2.75) is 17.7 Å². The second-order valence-electron chi connectivity index (χ2n) is 6.61. The van der Waals surface area contributed by atoms with E-state index < -0.39 is 15.9 Å². The lowest BCUT2D eigenvalue weighted by molar-refractivity contribution is -0.120. The first-order valence-corrected chi connectivity index (χ1v) is 10.3. The predicted molar refractivity (Wildman–Crippen MR) is 108 cm³/mol. The van der Waals surface area contributed by atoms with E-state index in [2.05, 4.69) is 10.6 Å². The van der Waals surface area contributed by atoms with E-state index in [0.717, 1.165) is 9.87 Å². The molecule has 0 fully saturated rings. The molecule has 0 radical (unpaired) electrons. The van der Waals surface area contributed by atoms with Crippen molar-refractivity contribution in [2.24, 2.45) is 0 Å². The van der Waals surface area contributed by atoms with E-state index in [0.29, 0.717) is 6.54 Å². The Hall–Kier alpha value is -2.71. The van der Waals surface area contributed by atoms with Crippen molar-refractivity contribution >= 4 is 21.8 Å². The third-order valence-corrected chi connectivity index (χ3v) is 6.07. The van der Waals surface area contributed by atoms with Crippen LogP contribution >= 0.6 is 0 Å². The third-order valence-electron chi connectivity index (χ3n) is 4.26. The molecule has 0 aliphatic rings. The number of benzene rings is 2. The Labute approximate surface area is 165 Å². The summed E-state index contributed by atoms with van der Waals surface area (Å²) >= 11 is 0. The van der Waals surface area contributed by atoms with Gasteiger partial charge in [0.05, 0.1) is 11.4 Å². The summed E-state index contributed by atoms with van der Waals surface area (Å²) in [5.74, 6) is -0.677. The maximum Gasteiger partial charge on any atom is 0.251 e. The van der Waals surface area contributed by atoms with Crippen LogP contribution in [0.3, 0.4) is 0 Å². The molecule has 2 amide bonds. The molecule has 0 aliphatic heterocycles. The molecule has 0 bridgehead atoms. The fourth-order valence-corrected chi connectivity index (χ4v) is 3.45. The SMILES string of the molecule is C[C@H](CNC(=O)CNC(=O)c1cccc(S(=O)(=O)N(C)C)c1)c1ccccc1. The fraction of sp³-hybridized carbons (Fsp3) is 0.300. The standard InChI is InChI=1S/C20H25N3O4S/c1-15(16-8-5-4-6-9-16)13-21-19(24)14-22-20(25)17-10-7-11-18(12-17)28(26,27)23(2)3/h4-12,15H,13-14H2,1-3H3,(H,21,24)(H,22,25)/t15-/m1/s1. The van der Waals surface area contributed by atoms with Crippen LogP contribution < -0.4 is 10.6 Å². The highest BCUT2D eigenvalue weighted by Crippen LogP contribution is 2.15. The van der Waals surface area contributed by atoms with Gasteiger partial charge < -0.3 is 10.6 Å². The topological polar surface area (TPSA) is 95.6 Å². The van der Waals surface area contributed by atoms with E-state index in [1.807, 2.05) is 37.3 Å². The number of carbonyl (C=O) groups is 2. The monoisotopic (exact) mass is 403 g/mol. The zero-order valence-electron chi connectivity index (χ0n) is 16.2. The summed E-state index contributed by atoms with van der Waals surface area (Å²) < 4.78 is 25.4. The molecule has 2 rings (SSSR count). The molecule has 28 heavy (non-hydrogen) atoms. The van der Waals surface area contributed by atoms with Crippen molar-refractivity contribution in [1.82, 2.24) is 14.9 Å². The Bertz CT molecular complexity index is 927. The quantitative estimate of drug-likeness (QED) is 0.700. The summed E-state index contributed by atoms with van der Waals surface area (Å²) in [7, 11) is -0.796. The van der Waals surface area contributed by atoms with Crippen LogP contribution in [0.2, 0.25) is 0 Å². The van der Waals surface area contributed by atoms with Crippen LogP contribution in [0.5, 0.6) is 0 Å². The molecule has 0 spiro atoms. The maximum atomic E-state index is 12.3. The van der Waals surface area contributed by atoms with Crippen LogP contribution in [0.4, 0.5) is 0 Å². The number of rotatable bonds is 8. The summed E-state index contributed by atoms with van der Waals surface area (Å²) in [6.07, 6.45) is 0. The Morgan fingerprint density at radius 2 is 1.68 bits per heavy atom. The molecule has 0 saturated carbocycles. The normalized spacial score (nSPS) is 12.4. The Morgan fingerprint density at radius 1 is 1.00 bits per heavy atom. The van der Waals surface area contributed by atoms with Gasteiger partial charge in [-0.25, -0.2) is 12.7 Å². The Kier molecular flexibility index (Phi) is 7.31. The predicted octanol–water partition coefficient (Wildman–Crippen LogP) is 1.59. The van der Waals surface area contributed by atoms with E-state index >= 15 is 0 Å². The largest absolute Gasteiger partial charge is 0.354 e. The van der Waals surface area contributed by atoms with Crippen molar-refractivity contribution < 1.29 is 18.0 Å². The zero-order valence-corrected chi connectivity index (χ0v) is 17.0. The van der Waals surface area contributed by atoms with Crippen LogP contribution in [-0.2, 0) is 14.8 Å². The number of hydrogen-bond donors (Lipinski definition) is 2. The highest BCUT2D eigenvalue weighted by atomic mass is 32.2. The number of hydrogen-bond acceptors (Lipinski definition) is 4. The zero-order chi connectivity index (χ0) is 20.7. The average molecular weight is 404 g/mol. The molecular weight excluding hydrogens is 378 g/mol. The first-order valence-electron chi connectivity index (χ1n) is 8.84. The van der Waals surface area contributed by atoms with Crippen LogP contribution in [0, 0.1) is 0 Å². The van der Waals surface area contributed by atoms with Crippen molar-refractivity contribution in [3.63, 3.8) is 0 Å². The lowest BCUT2D eigenvalue weighted by Gasteiger charge is -2.14. The van der Waals surface area contributed by atoms with Gasteiger partial charge in [0, 0.05) is 26.2 Å². The van der Waals surface area contributed by atoms with Gasteiger partial charge in [0.15, 0.2) is 0 Å². The molecule has 0 saturated heterocycles. The van der Waals surface area contributed by atoms with E-state index in [1.54, 1.807) is 0 Å². The summed E-state index contributed by atoms with van der Waals surface area (Å²) in [6.45, 7) is 2.27. The number of nitrogens with one attached hydrogen (secondary N) is 2. The molecule has 0 unspecified atom stereocenters. The molecular formula is C20H25N3O4S. The van der Waals surface area contributed by atoms with Crippen LogP contribution in [-0.4, -0.2) is 51.7 Å². The molecule has 150 valence electrons. The second-order valence-corrected chi connectivity index (χ2v) is 8.77. The van der Waals surface area contributed by atoms with Gasteiger partial charge in [0.2, 0.25) is 15.9 Å². The van der Waals surface area contributed by atoms with Gasteiger partial charge in [-0.05, 0) is 29.7 Å². The Balaban J connectivity index is 1.89. The van der Waals surface area contributed by atoms with Crippen LogP contribution in [0.1, 0.15) is 28.8 Å². The van der Waals surface area contributed by atoms with Gasteiger partial charge in [-0.2, -0.15) is 0 Å². The summed E-state index contributed by atoms with van der Waals surface area (Å²) in [5, 5.41) is 5.29. The van der Waals surface area contributed by atoms with E-state index in [1.165, 1.54) is 38.4 Å². The van der Waals surface area contributed by atoms with Crippen LogP contribution in [0.15, 0.2) is 59.5 Å². The minimum atomic E-state index is -3.63. The van der Waals surface area contributed by atoms with Gasteiger partial charge in [0.25, 0.3) is 5.91 Å². The molecule has 2 N–H and O–H groups in total. The maximum absolute atomic E-state index is 12.3.